The number of rotatable bonds is 1. The van der Waals surface area contributed by atoms with E-state index in [9.17, 15) is 4.79 Å². The van der Waals surface area contributed by atoms with Crippen LogP contribution in [0.5, 0.6) is 0 Å². The molecule has 2 N–H and O–H groups in total. The minimum Gasteiger partial charge on any atom is -0.373 e. The van der Waals surface area contributed by atoms with E-state index in [1.807, 2.05) is 88.4 Å². The number of nitrogens with one attached hydrogen (secondary N) is 2. The maximum Gasteiger partial charge on any atom is 0.173 e. The van der Waals surface area contributed by atoms with E-state index >= 15 is 0 Å². The molecule has 8 bridgehead atoms. The fraction of sp³-hybridized carbons (Fsp3) is 0.250. The van der Waals surface area contributed by atoms with Gasteiger partial charge in [0.15, 0.2) is 5.78 Å². The van der Waals surface area contributed by atoms with Crippen molar-refractivity contribution in [2.45, 2.75) is 38.8 Å². The van der Waals surface area contributed by atoms with Crippen molar-refractivity contribution < 1.29 is 4.79 Å². The quantitative estimate of drug-likeness (QED) is 0.680. The summed E-state index contributed by atoms with van der Waals surface area (Å²) >= 11 is 0. The van der Waals surface area contributed by atoms with Gasteiger partial charge in [-0.25, -0.2) is 15.0 Å². The minimum absolute atomic E-state index is 0.0794. The molecule has 4 aliphatic heterocycles. The van der Waals surface area contributed by atoms with E-state index < -0.39 is 16.5 Å². The Bertz CT molecular complexity index is 1580. The molecule has 0 amide bonds. The molecule has 1 fully saturated rings. The predicted octanol–water partition coefficient (Wildman–Crippen LogP) is 2.33. The number of fused-ring (bicyclic) bond motifs is 6. The van der Waals surface area contributed by atoms with E-state index in [2.05, 4.69) is 20.3 Å². The lowest BCUT2D eigenvalue weighted by molar-refractivity contribution is -0.126. The first-order valence-electron chi connectivity index (χ1n) is 11.7. The van der Waals surface area contributed by atoms with Crippen LogP contribution in [0.2, 0.25) is 0 Å². The fourth-order valence-electron chi connectivity index (χ4n) is 5.07. The SMILES string of the molecule is Cc1ncc(C23C=CC(=N2)C=c2ccc([nH]2)=CC2=NC(=CC4(C)NC(=C3)C(C)(C)C4=O)C=C2)cn1. The third kappa shape index (κ3) is 3.46. The summed E-state index contributed by atoms with van der Waals surface area (Å²) in [5.41, 5.74) is 1.55. The lowest BCUT2D eigenvalue weighted by Crippen LogP contribution is -2.41. The Morgan fingerprint density at radius 3 is 2.34 bits per heavy atom. The number of hydrogen-bond acceptors (Lipinski definition) is 6. The first-order valence-corrected chi connectivity index (χ1v) is 11.7. The van der Waals surface area contributed by atoms with Crippen LogP contribution in [-0.4, -0.2) is 37.7 Å². The highest BCUT2D eigenvalue weighted by molar-refractivity contribution is 6.20. The molecule has 6 heterocycles. The highest BCUT2D eigenvalue weighted by Crippen LogP contribution is 2.43. The summed E-state index contributed by atoms with van der Waals surface area (Å²) in [6, 6.07) is 4.04. The summed E-state index contributed by atoms with van der Waals surface area (Å²) in [5, 5.41) is 5.41. The van der Waals surface area contributed by atoms with Crippen molar-refractivity contribution in [3.63, 3.8) is 0 Å². The number of H-pyrrole nitrogens is 1. The molecule has 2 aromatic rings. The number of aromatic nitrogens is 3. The first kappa shape index (κ1) is 21.4. The van der Waals surface area contributed by atoms with Crippen LogP contribution in [0.25, 0.3) is 12.2 Å². The first-order chi connectivity index (χ1) is 16.7. The second kappa shape index (κ2) is 7.18. The molecule has 2 aromatic heterocycles. The Morgan fingerprint density at radius 1 is 0.886 bits per heavy atom. The maximum absolute atomic E-state index is 13.7. The van der Waals surface area contributed by atoms with Crippen LogP contribution in [0.3, 0.4) is 0 Å². The maximum atomic E-state index is 13.7. The number of ketones is 1. The van der Waals surface area contributed by atoms with E-state index in [-0.39, 0.29) is 5.78 Å². The van der Waals surface area contributed by atoms with Gasteiger partial charge in [0.25, 0.3) is 0 Å². The number of allylic oxidation sites excluding steroid dienone is 4. The number of hydrogen-bond donors (Lipinski definition) is 2. The van der Waals surface area contributed by atoms with Gasteiger partial charge in [-0.3, -0.25) is 9.79 Å². The normalized spacial score (nSPS) is 27.9. The summed E-state index contributed by atoms with van der Waals surface area (Å²) in [7, 11) is 0. The van der Waals surface area contributed by atoms with Crippen LogP contribution in [-0.2, 0) is 10.3 Å². The van der Waals surface area contributed by atoms with Crippen molar-refractivity contribution in [1.82, 2.24) is 20.3 Å². The topological polar surface area (TPSA) is 95.4 Å². The van der Waals surface area contributed by atoms with E-state index in [1.54, 1.807) is 12.4 Å². The van der Waals surface area contributed by atoms with Gasteiger partial charge in [-0.2, -0.15) is 0 Å². The van der Waals surface area contributed by atoms with Gasteiger partial charge in [-0.05, 0) is 88.4 Å². The zero-order valence-electron chi connectivity index (χ0n) is 20.1. The number of aromatic amines is 1. The molecule has 7 nitrogen and oxygen atoms in total. The van der Waals surface area contributed by atoms with Crippen LogP contribution < -0.4 is 16.0 Å². The Hall–Kier alpha value is -4.13. The fourth-order valence-corrected chi connectivity index (χ4v) is 5.07. The van der Waals surface area contributed by atoms with Gasteiger partial charge < -0.3 is 10.3 Å². The van der Waals surface area contributed by atoms with Crippen molar-refractivity contribution >= 4 is 29.4 Å². The number of carbonyl (C=O) groups excluding carboxylic acids is 1. The summed E-state index contributed by atoms with van der Waals surface area (Å²) in [5.74, 6) is 0.771. The molecule has 0 radical (unpaired) electrons. The van der Waals surface area contributed by atoms with Crippen LogP contribution in [0.1, 0.15) is 32.2 Å². The third-order valence-corrected chi connectivity index (χ3v) is 6.99. The van der Waals surface area contributed by atoms with Crippen molar-refractivity contribution in [2.24, 2.45) is 15.4 Å². The average molecular weight is 463 g/mol. The van der Waals surface area contributed by atoms with E-state index in [1.165, 1.54) is 0 Å². The molecule has 0 saturated carbocycles. The van der Waals surface area contributed by atoms with E-state index in [0.717, 1.165) is 39.1 Å². The van der Waals surface area contributed by atoms with Gasteiger partial charge in [-0.15, -0.1) is 0 Å². The number of aliphatic imine (C=N–C) groups is 2. The molecule has 6 rings (SSSR count). The smallest absolute Gasteiger partial charge is 0.173 e. The molecule has 35 heavy (non-hydrogen) atoms. The van der Waals surface area contributed by atoms with Crippen molar-refractivity contribution in [2.75, 3.05) is 0 Å². The van der Waals surface area contributed by atoms with Gasteiger partial charge in [-0.1, -0.05) is 0 Å². The standard InChI is InChI=1S/C28H26N6O/c1-17-29-15-18(16-30-17)28-10-9-22(33-28)12-21-6-5-19(31-21)11-20-7-8-23(32-20)13-27(4)25(35)26(2,3)24(14-28)34-27/h5-16,31,34H,1-4H3. The molecule has 0 aromatic carbocycles. The Balaban J connectivity index is 1.62. The van der Waals surface area contributed by atoms with Gasteiger partial charge in [0.1, 0.15) is 16.9 Å². The van der Waals surface area contributed by atoms with Crippen LogP contribution in [0.4, 0.5) is 0 Å². The predicted molar refractivity (Wildman–Crippen MR) is 137 cm³/mol. The number of aryl methyl sites for hydroxylation is 1. The zero-order chi connectivity index (χ0) is 24.4. The second-order valence-corrected chi connectivity index (χ2v) is 10.2. The van der Waals surface area contributed by atoms with Gasteiger partial charge in [0.2, 0.25) is 0 Å². The number of nitrogens with zero attached hydrogens (tertiary/aromatic N) is 4. The highest BCUT2D eigenvalue weighted by atomic mass is 16.1. The zero-order valence-corrected chi connectivity index (χ0v) is 20.1. The van der Waals surface area contributed by atoms with Crippen LogP contribution in [0, 0.1) is 12.3 Å². The largest absolute Gasteiger partial charge is 0.373 e. The van der Waals surface area contributed by atoms with Gasteiger partial charge in [0, 0.05) is 34.4 Å². The minimum atomic E-state index is -0.906. The van der Waals surface area contributed by atoms with Crippen LogP contribution >= 0.6 is 0 Å². The molecule has 174 valence electrons. The van der Waals surface area contributed by atoms with Crippen molar-refractivity contribution in [1.29, 1.82) is 0 Å². The molecule has 0 spiro atoms. The molecule has 4 aliphatic rings. The Labute approximate surface area is 203 Å². The Morgan fingerprint density at radius 2 is 1.60 bits per heavy atom. The van der Waals surface area contributed by atoms with E-state index in [4.69, 9.17) is 9.98 Å². The molecular weight excluding hydrogens is 436 g/mol. The summed E-state index contributed by atoms with van der Waals surface area (Å²) in [4.78, 5) is 35.8. The Kier molecular flexibility index (Phi) is 4.39. The number of Topliss-reactive ketones (excluding diaryl/α,β-unsaturated/α-hetero) is 1. The average Bonchev–Trinajstić information content (AvgIpc) is 3.57. The molecule has 7 heteroatoms. The lowest BCUT2D eigenvalue weighted by atomic mass is 9.79. The second-order valence-electron chi connectivity index (χ2n) is 10.2. The summed E-state index contributed by atoms with van der Waals surface area (Å²) < 4.78 is 0. The third-order valence-electron chi connectivity index (χ3n) is 6.99. The van der Waals surface area contributed by atoms with E-state index in [0.29, 0.717) is 5.82 Å². The summed E-state index contributed by atoms with van der Waals surface area (Å²) in [6.45, 7) is 7.67. The van der Waals surface area contributed by atoms with Gasteiger partial charge >= 0.3 is 0 Å². The highest BCUT2D eigenvalue weighted by Gasteiger charge is 2.52. The summed E-state index contributed by atoms with van der Waals surface area (Å²) in [6.07, 6.45) is 19.5. The van der Waals surface area contributed by atoms with Crippen molar-refractivity contribution in [3.8, 4) is 0 Å². The molecule has 2 atom stereocenters. The molecule has 0 aliphatic carbocycles. The van der Waals surface area contributed by atoms with Crippen molar-refractivity contribution in [3.05, 3.63) is 94.5 Å². The number of carbonyl (C=O) groups is 1. The monoisotopic (exact) mass is 462 g/mol. The lowest BCUT2D eigenvalue weighted by Gasteiger charge is -2.25. The molecule has 2 unspecified atom stereocenters. The van der Waals surface area contributed by atoms with Gasteiger partial charge in [0.05, 0.1) is 22.5 Å². The molecular formula is C28H26N6O. The molecule has 1 saturated heterocycles. The van der Waals surface area contributed by atoms with Crippen LogP contribution in [0.15, 0.2) is 82.4 Å².